The van der Waals surface area contributed by atoms with Gasteiger partial charge in [-0.15, -0.1) is 11.6 Å². The van der Waals surface area contributed by atoms with Crippen LogP contribution in [0.4, 0.5) is 4.79 Å². The molecule has 0 aromatic heterocycles. The Bertz CT molecular complexity index is 179. The molecule has 0 radical (unpaired) electrons. The minimum Gasteiger partial charge on any atom is -0.444 e. The molecule has 0 aliphatic heterocycles. The van der Waals surface area contributed by atoms with Gasteiger partial charge in [0.15, 0.2) is 0 Å². The predicted molar refractivity (Wildman–Crippen MR) is 55.8 cm³/mol. The highest BCUT2D eigenvalue weighted by Gasteiger charge is 2.18. The number of ether oxygens (including phenoxy) is 2. The number of amides is 1. The van der Waals surface area contributed by atoms with Gasteiger partial charge in [0.2, 0.25) is 0 Å². The molecule has 0 spiro atoms. The number of hydrogen-bond acceptors (Lipinski definition) is 3. The van der Waals surface area contributed by atoms with Crippen molar-refractivity contribution in [2.45, 2.75) is 32.4 Å². The highest BCUT2D eigenvalue weighted by Crippen LogP contribution is 2.06. The maximum atomic E-state index is 11.3. The maximum absolute atomic E-state index is 11.3. The summed E-state index contributed by atoms with van der Waals surface area (Å²) in [6, 6.07) is -0.212. The first kappa shape index (κ1) is 13.5. The second-order valence-corrected chi connectivity index (χ2v) is 4.26. The van der Waals surface area contributed by atoms with E-state index in [-0.39, 0.29) is 6.04 Å². The maximum Gasteiger partial charge on any atom is 0.407 e. The molecule has 0 saturated heterocycles. The average Bonchev–Trinajstić information content (AvgIpc) is 2.00. The molecule has 0 aromatic carbocycles. The van der Waals surface area contributed by atoms with Crippen LogP contribution in [0, 0.1) is 0 Å². The zero-order valence-electron chi connectivity index (χ0n) is 9.09. The van der Waals surface area contributed by atoms with E-state index in [1.54, 1.807) is 27.9 Å². The topological polar surface area (TPSA) is 47.6 Å². The molecule has 0 bridgehead atoms. The van der Waals surface area contributed by atoms with E-state index in [0.717, 1.165) is 0 Å². The summed E-state index contributed by atoms with van der Waals surface area (Å²) in [4.78, 5) is 11.3. The van der Waals surface area contributed by atoms with Crippen molar-refractivity contribution in [1.82, 2.24) is 5.32 Å². The number of carbonyl (C=O) groups excluding carboxylic acids is 1. The molecular weight excluding hydrogens is 206 g/mol. The molecule has 84 valence electrons. The van der Waals surface area contributed by atoms with Crippen molar-refractivity contribution in [3.05, 3.63) is 0 Å². The Morgan fingerprint density at radius 3 is 2.43 bits per heavy atom. The molecule has 0 saturated carbocycles. The summed E-state index contributed by atoms with van der Waals surface area (Å²) in [5.41, 5.74) is -0.492. The molecule has 14 heavy (non-hydrogen) atoms. The molecule has 5 heteroatoms. The van der Waals surface area contributed by atoms with Gasteiger partial charge in [0, 0.05) is 13.0 Å². The van der Waals surface area contributed by atoms with Crippen LogP contribution < -0.4 is 5.32 Å². The fourth-order valence-electron chi connectivity index (χ4n) is 0.800. The van der Waals surface area contributed by atoms with Crippen molar-refractivity contribution in [3.63, 3.8) is 0 Å². The van der Waals surface area contributed by atoms with Crippen LogP contribution in [0.2, 0.25) is 0 Å². The van der Waals surface area contributed by atoms with Crippen molar-refractivity contribution >= 4 is 17.7 Å². The third-order valence-corrected chi connectivity index (χ3v) is 1.65. The van der Waals surface area contributed by atoms with E-state index in [9.17, 15) is 4.79 Å². The predicted octanol–water partition coefficient (Wildman–Crippen LogP) is 1.76. The van der Waals surface area contributed by atoms with Crippen LogP contribution in [0.5, 0.6) is 0 Å². The summed E-state index contributed by atoms with van der Waals surface area (Å²) in [7, 11) is 1.55. The van der Waals surface area contributed by atoms with Crippen LogP contribution in [-0.2, 0) is 9.47 Å². The first-order chi connectivity index (χ1) is 6.39. The number of carbonyl (C=O) groups is 1. The van der Waals surface area contributed by atoms with Gasteiger partial charge in [-0.1, -0.05) is 0 Å². The van der Waals surface area contributed by atoms with Gasteiger partial charge in [-0.3, -0.25) is 0 Å². The van der Waals surface area contributed by atoms with E-state index >= 15 is 0 Å². The van der Waals surface area contributed by atoms with Crippen molar-refractivity contribution in [1.29, 1.82) is 0 Å². The lowest BCUT2D eigenvalue weighted by Crippen LogP contribution is -2.42. The molecule has 1 atom stereocenters. The highest BCUT2D eigenvalue weighted by molar-refractivity contribution is 6.18. The molecular formula is C9H18ClNO3. The molecule has 1 unspecified atom stereocenters. The Morgan fingerprint density at radius 2 is 2.07 bits per heavy atom. The zero-order valence-corrected chi connectivity index (χ0v) is 9.85. The largest absolute Gasteiger partial charge is 0.444 e. The minimum atomic E-state index is -0.492. The summed E-state index contributed by atoms with van der Waals surface area (Å²) in [5, 5.41) is 2.61. The number of hydrogen-bond donors (Lipinski definition) is 1. The van der Waals surface area contributed by atoms with E-state index in [4.69, 9.17) is 21.1 Å². The van der Waals surface area contributed by atoms with Crippen LogP contribution in [0.3, 0.4) is 0 Å². The van der Waals surface area contributed by atoms with Gasteiger partial charge in [0.25, 0.3) is 0 Å². The Balaban J connectivity index is 3.91. The van der Waals surface area contributed by atoms with E-state index in [1.807, 2.05) is 0 Å². The lowest BCUT2D eigenvalue weighted by Gasteiger charge is -2.22. The van der Waals surface area contributed by atoms with Crippen LogP contribution in [0.15, 0.2) is 0 Å². The quantitative estimate of drug-likeness (QED) is 0.739. The van der Waals surface area contributed by atoms with Gasteiger partial charge in [-0.05, 0) is 20.8 Å². The van der Waals surface area contributed by atoms with Crippen LogP contribution in [0.1, 0.15) is 20.8 Å². The number of alkyl carbamates (subject to hydrolysis) is 1. The molecule has 0 aliphatic rings. The monoisotopic (exact) mass is 223 g/mol. The van der Waals surface area contributed by atoms with E-state index in [1.165, 1.54) is 0 Å². The minimum absolute atomic E-state index is 0.212. The van der Waals surface area contributed by atoms with Crippen LogP contribution >= 0.6 is 11.6 Å². The number of rotatable bonds is 4. The summed E-state index contributed by atoms with van der Waals surface area (Å²) >= 11 is 5.61. The third-order valence-electron chi connectivity index (χ3n) is 1.27. The molecule has 1 amide bonds. The summed E-state index contributed by atoms with van der Waals surface area (Å²) < 4.78 is 9.92. The second-order valence-electron chi connectivity index (χ2n) is 3.95. The van der Waals surface area contributed by atoms with Crippen LogP contribution in [-0.4, -0.2) is 37.3 Å². The van der Waals surface area contributed by atoms with E-state index < -0.39 is 11.7 Å². The lowest BCUT2D eigenvalue weighted by molar-refractivity contribution is 0.0478. The molecule has 0 rings (SSSR count). The first-order valence-corrected chi connectivity index (χ1v) is 4.97. The SMILES string of the molecule is COCC(CCl)NC(=O)OC(C)(C)C. The van der Waals surface area contributed by atoms with Gasteiger partial charge < -0.3 is 14.8 Å². The summed E-state index contributed by atoms with van der Waals surface area (Å²) in [6.45, 7) is 5.79. The Morgan fingerprint density at radius 1 is 1.50 bits per heavy atom. The smallest absolute Gasteiger partial charge is 0.407 e. The lowest BCUT2D eigenvalue weighted by atomic mass is 10.2. The van der Waals surface area contributed by atoms with Gasteiger partial charge >= 0.3 is 6.09 Å². The van der Waals surface area contributed by atoms with Gasteiger partial charge in [-0.25, -0.2) is 4.79 Å². The van der Waals surface area contributed by atoms with Crippen molar-refractivity contribution < 1.29 is 14.3 Å². The highest BCUT2D eigenvalue weighted by atomic mass is 35.5. The number of methoxy groups -OCH3 is 1. The number of alkyl halides is 1. The van der Waals surface area contributed by atoms with E-state index in [2.05, 4.69) is 5.32 Å². The molecule has 1 N–H and O–H groups in total. The molecule has 0 aromatic rings. The fourth-order valence-corrected chi connectivity index (χ4v) is 0.966. The van der Waals surface area contributed by atoms with Crippen molar-refractivity contribution in [3.8, 4) is 0 Å². The molecule has 0 aliphatic carbocycles. The van der Waals surface area contributed by atoms with Gasteiger partial charge in [0.1, 0.15) is 5.60 Å². The summed E-state index contributed by atoms with van der Waals surface area (Å²) in [6.07, 6.45) is -0.472. The molecule has 4 nitrogen and oxygen atoms in total. The van der Waals surface area contributed by atoms with Crippen molar-refractivity contribution in [2.24, 2.45) is 0 Å². The van der Waals surface area contributed by atoms with Gasteiger partial charge in [-0.2, -0.15) is 0 Å². The fraction of sp³-hybridized carbons (Fsp3) is 0.889. The summed E-state index contributed by atoms with van der Waals surface area (Å²) in [5.74, 6) is 0.299. The molecule has 0 fully saturated rings. The Hall–Kier alpha value is -0.480. The normalized spacial score (nSPS) is 13.5. The zero-order chi connectivity index (χ0) is 11.2. The van der Waals surface area contributed by atoms with Crippen LogP contribution in [0.25, 0.3) is 0 Å². The average molecular weight is 224 g/mol. The molecule has 0 heterocycles. The Kier molecular flexibility index (Phi) is 5.88. The van der Waals surface area contributed by atoms with Gasteiger partial charge in [0.05, 0.1) is 12.6 Å². The number of halogens is 1. The second kappa shape index (κ2) is 6.09. The van der Waals surface area contributed by atoms with E-state index in [0.29, 0.717) is 12.5 Å². The standard InChI is InChI=1S/C9H18ClNO3/c1-9(2,3)14-8(12)11-7(5-10)6-13-4/h7H,5-6H2,1-4H3,(H,11,12). The van der Waals surface area contributed by atoms with Crippen molar-refractivity contribution in [2.75, 3.05) is 19.6 Å². The third kappa shape index (κ3) is 6.97. The first-order valence-electron chi connectivity index (χ1n) is 4.43. The Labute approximate surface area is 89.9 Å². The number of nitrogens with one attached hydrogen (secondary N) is 1.